The van der Waals surface area contributed by atoms with E-state index >= 15 is 0 Å². The van der Waals surface area contributed by atoms with Crippen molar-refractivity contribution in [3.8, 4) is 28.5 Å². The largest absolute Gasteiger partial charge is 0.493 e. The number of rotatable bonds is 7. The first-order chi connectivity index (χ1) is 11.2. The molecule has 2 rings (SSSR count). The van der Waals surface area contributed by atoms with Gasteiger partial charge in [-0.05, 0) is 26.0 Å². The molecular formula is C15H19N3O5. The summed E-state index contributed by atoms with van der Waals surface area (Å²) in [5.74, 6) is 0.878. The van der Waals surface area contributed by atoms with Crippen LogP contribution in [0, 0.1) is 0 Å². The minimum absolute atomic E-state index is 0.0973. The molecule has 0 unspecified atom stereocenters. The molecule has 2 aromatic rings. The standard InChI is InChI=1S/C15H19N3O5/c1-5-22-14-10(20-3)7-9(8-11(14)21-4)12-13(17-18-16-12)15(19)23-6-2/h7-8H,5-6H2,1-4H3,(H,16,17,18). The highest BCUT2D eigenvalue weighted by molar-refractivity contribution is 5.94. The lowest BCUT2D eigenvalue weighted by Gasteiger charge is -2.14. The number of carbonyl (C=O) groups excluding carboxylic acids is 1. The Balaban J connectivity index is 2.53. The maximum absolute atomic E-state index is 11.9. The predicted octanol–water partition coefficient (Wildman–Crippen LogP) is 2.06. The lowest BCUT2D eigenvalue weighted by atomic mass is 10.1. The summed E-state index contributed by atoms with van der Waals surface area (Å²) in [6.07, 6.45) is 0. The number of benzene rings is 1. The number of esters is 1. The van der Waals surface area contributed by atoms with Crippen molar-refractivity contribution in [2.24, 2.45) is 0 Å². The number of hydrogen-bond donors (Lipinski definition) is 1. The number of nitrogens with one attached hydrogen (secondary N) is 1. The van der Waals surface area contributed by atoms with E-state index in [1.54, 1.807) is 19.1 Å². The Labute approximate surface area is 133 Å². The highest BCUT2D eigenvalue weighted by Crippen LogP contribution is 2.41. The molecule has 0 radical (unpaired) electrons. The van der Waals surface area contributed by atoms with Crippen molar-refractivity contribution in [2.75, 3.05) is 27.4 Å². The third-order valence-electron chi connectivity index (χ3n) is 3.04. The number of nitrogens with zero attached hydrogens (tertiary/aromatic N) is 2. The number of aromatic nitrogens is 3. The molecule has 0 bridgehead atoms. The van der Waals surface area contributed by atoms with Crippen molar-refractivity contribution < 1.29 is 23.7 Å². The van der Waals surface area contributed by atoms with Crippen LogP contribution in [0.5, 0.6) is 17.2 Å². The van der Waals surface area contributed by atoms with E-state index in [-0.39, 0.29) is 12.3 Å². The van der Waals surface area contributed by atoms with Crippen molar-refractivity contribution >= 4 is 5.97 Å². The lowest BCUT2D eigenvalue weighted by Crippen LogP contribution is -2.07. The zero-order valence-electron chi connectivity index (χ0n) is 13.5. The van der Waals surface area contributed by atoms with Gasteiger partial charge in [0.15, 0.2) is 17.2 Å². The summed E-state index contributed by atoms with van der Waals surface area (Å²) in [5, 5.41) is 10.3. The third-order valence-corrected chi connectivity index (χ3v) is 3.04. The molecule has 1 heterocycles. The van der Waals surface area contributed by atoms with Gasteiger partial charge < -0.3 is 18.9 Å². The predicted molar refractivity (Wildman–Crippen MR) is 82.0 cm³/mol. The number of hydrogen-bond acceptors (Lipinski definition) is 7. The number of carbonyl (C=O) groups is 1. The van der Waals surface area contributed by atoms with Crippen molar-refractivity contribution in [3.63, 3.8) is 0 Å². The van der Waals surface area contributed by atoms with Crippen LogP contribution in [-0.2, 0) is 4.74 Å². The average molecular weight is 321 g/mol. The van der Waals surface area contributed by atoms with Gasteiger partial charge in [0.2, 0.25) is 5.75 Å². The topological polar surface area (TPSA) is 95.6 Å². The summed E-state index contributed by atoms with van der Waals surface area (Å²) in [6, 6.07) is 3.40. The Hall–Kier alpha value is -2.77. The van der Waals surface area contributed by atoms with Gasteiger partial charge in [0, 0.05) is 5.56 Å². The first kappa shape index (κ1) is 16.6. The molecule has 124 valence electrons. The van der Waals surface area contributed by atoms with Crippen molar-refractivity contribution in [2.45, 2.75) is 13.8 Å². The van der Waals surface area contributed by atoms with Crippen LogP contribution < -0.4 is 14.2 Å². The second-order valence-electron chi connectivity index (χ2n) is 4.38. The molecule has 0 aliphatic carbocycles. The Bertz CT molecular complexity index is 658. The van der Waals surface area contributed by atoms with E-state index in [4.69, 9.17) is 18.9 Å². The fourth-order valence-corrected chi connectivity index (χ4v) is 2.08. The van der Waals surface area contributed by atoms with Crippen LogP contribution in [0.3, 0.4) is 0 Å². The Morgan fingerprint density at radius 3 is 2.26 bits per heavy atom. The molecule has 0 saturated heterocycles. The average Bonchev–Trinajstić information content (AvgIpc) is 3.05. The fourth-order valence-electron chi connectivity index (χ4n) is 2.08. The SMILES string of the molecule is CCOC(=O)c1n[nH]nc1-c1cc(OC)c(OCC)c(OC)c1. The minimum Gasteiger partial charge on any atom is -0.493 e. The summed E-state index contributed by atoms with van der Waals surface area (Å²) >= 11 is 0. The van der Waals surface area contributed by atoms with Crippen LogP contribution >= 0.6 is 0 Å². The normalized spacial score (nSPS) is 10.3. The smallest absolute Gasteiger partial charge is 0.361 e. The van der Waals surface area contributed by atoms with Gasteiger partial charge in [0.1, 0.15) is 5.69 Å². The highest BCUT2D eigenvalue weighted by Gasteiger charge is 2.22. The van der Waals surface area contributed by atoms with E-state index < -0.39 is 5.97 Å². The maximum atomic E-state index is 11.9. The second-order valence-corrected chi connectivity index (χ2v) is 4.38. The van der Waals surface area contributed by atoms with Gasteiger partial charge in [0.05, 0.1) is 27.4 Å². The minimum atomic E-state index is -0.553. The molecule has 1 N–H and O–H groups in total. The molecule has 0 aliphatic rings. The molecule has 8 heteroatoms. The highest BCUT2D eigenvalue weighted by atomic mass is 16.5. The number of aromatic amines is 1. The number of ether oxygens (including phenoxy) is 4. The monoisotopic (exact) mass is 321 g/mol. The van der Waals surface area contributed by atoms with Gasteiger partial charge in [-0.15, -0.1) is 5.10 Å². The van der Waals surface area contributed by atoms with Crippen LogP contribution in [0.25, 0.3) is 11.3 Å². The van der Waals surface area contributed by atoms with Crippen molar-refractivity contribution in [1.29, 1.82) is 0 Å². The molecule has 23 heavy (non-hydrogen) atoms. The first-order valence-corrected chi connectivity index (χ1v) is 7.13. The summed E-state index contributed by atoms with van der Waals surface area (Å²) < 4.78 is 21.2. The van der Waals surface area contributed by atoms with E-state index in [0.717, 1.165) is 0 Å². The number of H-pyrrole nitrogens is 1. The van der Waals surface area contributed by atoms with Gasteiger partial charge in [-0.3, -0.25) is 0 Å². The fraction of sp³-hybridized carbons (Fsp3) is 0.400. The molecule has 0 amide bonds. The Morgan fingerprint density at radius 1 is 1.09 bits per heavy atom. The molecule has 0 saturated carbocycles. The van der Waals surface area contributed by atoms with Crippen LogP contribution in [-0.4, -0.2) is 48.8 Å². The van der Waals surface area contributed by atoms with Gasteiger partial charge in [-0.1, -0.05) is 0 Å². The summed E-state index contributed by atoms with van der Waals surface area (Å²) in [7, 11) is 3.05. The molecule has 8 nitrogen and oxygen atoms in total. The molecule has 1 aromatic carbocycles. The van der Waals surface area contributed by atoms with Crippen LogP contribution in [0.1, 0.15) is 24.3 Å². The van der Waals surface area contributed by atoms with Gasteiger partial charge in [-0.25, -0.2) is 4.79 Å². The second kappa shape index (κ2) is 7.48. The van der Waals surface area contributed by atoms with Gasteiger partial charge in [-0.2, -0.15) is 10.3 Å². The van der Waals surface area contributed by atoms with Gasteiger partial charge in [0.25, 0.3) is 0 Å². The van der Waals surface area contributed by atoms with Crippen LogP contribution in [0.15, 0.2) is 12.1 Å². The van der Waals surface area contributed by atoms with Crippen molar-refractivity contribution in [3.05, 3.63) is 17.8 Å². The van der Waals surface area contributed by atoms with E-state index in [9.17, 15) is 4.79 Å². The first-order valence-electron chi connectivity index (χ1n) is 7.13. The molecule has 0 spiro atoms. The molecule has 0 aliphatic heterocycles. The summed E-state index contributed by atoms with van der Waals surface area (Å²) in [6.45, 7) is 4.30. The van der Waals surface area contributed by atoms with Crippen LogP contribution in [0.2, 0.25) is 0 Å². The number of methoxy groups -OCH3 is 2. The maximum Gasteiger partial charge on any atom is 0.361 e. The summed E-state index contributed by atoms with van der Waals surface area (Å²) in [4.78, 5) is 11.9. The molecule has 0 atom stereocenters. The van der Waals surface area contributed by atoms with E-state index in [0.29, 0.717) is 35.1 Å². The van der Waals surface area contributed by atoms with E-state index in [2.05, 4.69) is 15.4 Å². The molecular weight excluding hydrogens is 302 g/mol. The Morgan fingerprint density at radius 2 is 1.74 bits per heavy atom. The van der Waals surface area contributed by atoms with E-state index in [1.807, 2.05) is 6.92 Å². The quantitative estimate of drug-likeness (QED) is 0.780. The van der Waals surface area contributed by atoms with Gasteiger partial charge >= 0.3 is 5.97 Å². The molecule has 0 fully saturated rings. The third kappa shape index (κ3) is 3.36. The Kier molecular flexibility index (Phi) is 5.40. The zero-order chi connectivity index (χ0) is 16.8. The summed E-state index contributed by atoms with van der Waals surface area (Å²) in [5.41, 5.74) is 1.04. The lowest BCUT2D eigenvalue weighted by molar-refractivity contribution is 0.0520. The van der Waals surface area contributed by atoms with E-state index in [1.165, 1.54) is 14.2 Å². The van der Waals surface area contributed by atoms with Crippen molar-refractivity contribution in [1.82, 2.24) is 15.4 Å². The van der Waals surface area contributed by atoms with Crippen LogP contribution in [0.4, 0.5) is 0 Å². The molecule has 1 aromatic heterocycles. The zero-order valence-corrected chi connectivity index (χ0v) is 13.5.